The van der Waals surface area contributed by atoms with Gasteiger partial charge in [0.05, 0.1) is 26.4 Å². The van der Waals surface area contributed by atoms with E-state index in [0.717, 1.165) is 0 Å². The summed E-state index contributed by atoms with van der Waals surface area (Å²) in [5.74, 6) is -0.674. The largest absolute Gasteiger partial charge is 0.394 e. The fraction of sp³-hybridized carbons (Fsp3) is 0.750. The zero-order valence-electron chi connectivity index (χ0n) is 15.0. The smallest absolute Gasteiger partial charge is 0.246 e. The van der Waals surface area contributed by atoms with Gasteiger partial charge in [-0.2, -0.15) is 0 Å². The van der Waals surface area contributed by atoms with Gasteiger partial charge in [0, 0.05) is 19.0 Å². The molecule has 0 saturated carbocycles. The Hall–Kier alpha value is -1.56. The van der Waals surface area contributed by atoms with Crippen molar-refractivity contribution < 1.29 is 39.1 Å². The van der Waals surface area contributed by atoms with E-state index in [1.807, 2.05) is 0 Å². The molecule has 1 fully saturated rings. The molecule has 10 heteroatoms. The first-order valence-electron chi connectivity index (χ1n) is 8.30. The van der Waals surface area contributed by atoms with Gasteiger partial charge in [-0.15, -0.1) is 0 Å². The van der Waals surface area contributed by atoms with Gasteiger partial charge in [0.25, 0.3) is 0 Å². The minimum atomic E-state index is -1.36. The molecule has 26 heavy (non-hydrogen) atoms. The molecule has 1 heterocycles. The van der Waals surface area contributed by atoms with Crippen molar-refractivity contribution in [3.63, 3.8) is 0 Å². The van der Waals surface area contributed by atoms with E-state index in [9.17, 15) is 24.9 Å². The molecule has 0 unspecified atom stereocenters. The van der Waals surface area contributed by atoms with Gasteiger partial charge in [-0.3, -0.25) is 9.59 Å². The number of amides is 2. The Morgan fingerprint density at radius 2 is 1.85 bits per heavy atom. The molecule has 1 saturated heterocycles. The molecule has 5 atom stereocenters. The van der Waals surface area contributed by atoms with E-state index in [2.05, 4.69) is 17.2 Å². The maximum Gasteiger partial charge on any atom is 0.246 e. The topological polar surface area (TPSA) is 147 Å². The standard InChI is InChI=1S/C16H28N2O8/c1-9(2)15(23)17-4-5-24-6-7-25-16-12(18-10(3)20)14(22)13(21)11(8-19)26-16/h11-14,16,19,21-22H,1,4-8H2,2-3H3,(H,17,23)(H,18,20)/t11-,12-,13+,14-,16-/m1/s1. The number of carbonyl (C=O) groups is 2. The summed E-state index contributed by atoms with van der Waals surface area (Å²) < 4.78 is 16.2. The second-order valence-corrected chi connectivity index (χ2v) is 5.95. The summed E-state index contributed by atoms with van der Waals surface area (Å²) in [4.78, 5) is 22.6. The number of ether oxygens (including phenoxy) is 3. The molecule has 0 aliphatic carbocycles. The summed E-state index contributed by atoms with van der Waals surface area (Å²) >= 11 is 0. The fourth-order valence-electron chi connectivity index (χ4n) is 2.33. The van der Waals surface area contributed by atoms with Crippen LogP contribution < -0.4 is 10.6 Å². The minimum Gasteiger partial charge on any atom is -0.394 e. The first kappa shape index (κ1) is 22.5. The quantitative estimate of drug-likeness (QED) is 0.210. The molecule has 0 aromatic heterocycles. The predicted molar refractivity (Wildman–Crippen MR) is 90.0 cm³/mol. The Kier molecular flexibility index (Phi) is 9.70. The summed E-state index contributed by atoms with van der Waals surface area (Å²) in [5.41, 5.74) is 0.408. The van der Waals surface area contributed by atoms with E-state index >= 15 is 0 Å². The third-order valence-corrected chi connectivity index (χ3v) is 3.68. The van der Waals surface area contributed by atoms with Crippen molar-refractivity contribution >= 4 is 11.8 Å². The first-order chi connectivity index (χ1) is 12.3. The monoisotopic (exact) mass is 376 g/mol. The number of aliphatic hydroxyl groups excluding tert-OH is 3. The number of rotatable bonds is 10. The van der Waals surface area contributed by atoms with Crippen LogP contribution in [0.15, 0.2) is 12.2 Å². The van der Waals surface area contributed by atoms with Crippen molar-refractivity contribution in [2.45, 2.75) is 44.5 Å². The molecule has 0 radical (unpaired) electrons. The Bertz CT molecular complexity index is 487. The Labute approximate surface area is 152 Å². The summed E-state index contributed by atoms with van der Waals surface area (Å²) in [6.45, 7) is 6.71. The van der Waals surface area contributed by atoms with E-state index in [-0.39, 0.29) is 25.7 Å². The molecule has 0 bridgehead atoms. The summed E-state index contributed by atoms with van der Waals surface area (Å²) in [7, 11) is 0. The highest BCUT2D eigenvalue weighted by molar-refractivity contribution is 5.92. The lowest BCUT2D eigenvalue weighted by molar-refractivity contribution is -0.272. The molecule has 1 aliphatic rings. The normalized spacial score (nSPS) is 28.4. The van der Waals surface area contributed by atoms with Gasteiger partial charge in [-0.25, -0.2) is 0 Å². The van der Waals surface area contributed by atoms with Crippen molar-refractivity contribution in [3.05, 3.63) is 12.2 Å². The number of hydrogen-bond acceptors (Lipinski definition) is 8. The van der Waals surface area contributed by atoms with Gasteiger partial charge < -0.3 is 40.2 Å². The molecule has 1 aliphatic heterocycles. The minimum absolute atomic E-state index is 0.0795. The van der Waals surface area contributed by atoms with Crippen LogP contribution in [0.4, 0.5) is 0 Å². The third kappa shape index (κ3) is 6.98. The average Bonchev–Trinajstić information content (AvgIpc) is 2.59. The van der Waals surface area contributed by atoms with Gasteiger partial charge in [0.2, 0.25) is 11.8 Å². The first-order valence-corrected chi connectivity index (χ1v) is 8.30. The molecule has 10 nitrogen and oxygen atoms in total. The second kappa shape index (κ2) is 11.2. The fourth-order valence-corrected chi connectivity index (χ4v) is 2.33. The van der Waals surface area contributed by atoms with E-state index in [1.54, 1.807) is 6.92 Å². The van der Waals surface area contributed by atoms with E-state index in [0.29, 0.717) is 12.1 Å². The number of aliphatic hydroxyl groups is 3. The van der Waals surface area contributed by atoms with E-state index in [1.165, 1.54) is 6.92 Å². The lowest BCUT2D eigenvalue weighted by atomic mass is 9.97. The Morgan fingerprint density at radius 1 is 1.15 bits per heavy atom. The summed E-state index contributed by atoms with van der Waals surface area (Å²) in [6.07, 6.45) is -4.79. The zero-order chi connectivity index (χ0) is 19.7. The van der Waals surface area contributed by atoms with Gasteiger partial charge in [0.1, 0.15) is 24.4 Å². The summed E-state index contributed by atoms with van der Waals surface area (Å²) in [6, 6.07) is -0.986. The van der Waals surface area contributed by atoms with Gasteiger partial charge in [0.15, 0.2) is 6.29 Å². The van der Waals surface area contributed by atoms with Crippen LogP contribution >= 0.6 is 0 Å². The van der Waals surface area contributed by atoms with Crippen LogP contribution in [0.2, 0.25) is 0 Å². The molecular weight excluding hydrogens is 348 g/mol. The van der Waals surface area contributed by atoms with Crippen LogP contribution in [0.25, 0.3) is 0 Å². The molecule has 0 aromatic carbocycles. The number of carbonyl (C=O) groups excluding carboxylic acids is 2. The van der Waals surface area contributed by atoms with Crippen LogP contribution in [0, 0.1) is 0 Å². The Morgan fingerprint density at radius 3 is 2.42 bits per heavy atom. The van der Waals surface area contributed by atoms with Crippen molar-refractivity contribution in [1.82, 2.24) is 10.6 Å². The maximum atomic E-state index is 11.3. The van der Waals surface area contributed by atoms with Gasteiger partial charge in [-0.1, -0.05) is 6.58 Å². The average molecular weight is 376 g/mol. The SMILES string of the molecule is C=C(C)C(=O)NCCOCCO[C@@H]1O[C@H](CO)[C@H](O)[C@H](O)[C@H]1NC(C)=O. The van der Waals surface area contributed by atoms with Crippen LogP contribution in [0.5, 0.6) is 0 Å². The van der Waals surface area contributed by atoms with Crippen LogP contribution in [0.1, 0.15) is 13.8 Å². The van der Waals surface area contributed by atoms with E-state index < -0.39 is 43.2 Å². The molecular formula is C16H28N2O8. The molecule has 0 spiro atoms. The number of hydrogen-bond donors (Lipinski definition) is 5. The van der Waals surface area contributed by atoms with Gasteiger partial charge in [-0.05, 0) is 6.92 Å². The lowest BCUT2D eigenvalue weighted by Gasteiger charge is -2.42. The molecule has 1 rings (SSSR count). The highest BCUT2D eigenvalue weighted by Gasteiger charge is 2.45. The van der Waals surface area contributed by atoms with Crippen LogP contribution in [-0.2, 0) is 23.8 Å². The zero-order valence-corrected chi connectivity index (χ0v) is 15.0. The van der Waals surface area contributed by atoms with Crippen LogP contribution in [-0.4, -0.2) is 90.7 Å². The molecule has 150 valence electrons. The van der Waals surface area contributed by atoms with Crippen molar-refractivity contribution in [1.29, 1.82) is 0 Å². The molecule has 2 amide bonds. The lowest BCUT2D eigenvalue weighted by Crippen LogP contribution is -2.64. The molecule has 5 N–H and O–H groups in total. The maximum absolute atomic E-state index is 11.3. The van der Waals surface area contributed by atoms with Crippen molar-refractivity contribution in [3.8, 4) is 0 Å². The summed E-state index contributed by atoms with van der Waals surface area (Å²) in [5, 5.41) is 34.3. The highest BCUT2D eigenvalue weighted by Crippen LogP contribution is 2.22. The third-order valence-electron chi connectivity index (χ3n) is 3.68. The van der Waals surface area contributed by atoms with Crippen LogP contribution in [0.3, 0.4) is 0 Å². The second-order valence-electron chi connectivity index (χ2n) is 5.95. The molecule has 0 aromatic rings. The number of nitrogens with one attached hydrogen (secondary N) is 2. The van der Waals surface area contributed by atoms with E-state index in [4.69, 9.17) is 14.2 Å². The Balaban J connectivity index is 2.38. The predicted octanol–water partition coefficient (Wildman–Crippen LogP) is -2.34. The van der Waals surface area contributed by atoms with Crippen molar-refractivity contribution in [2.24, 2.45) is 0 Å². The van der Waals surface area contributed by atoms with Crippen molar-refractivity contribution in [2.75, 3.05) is 33.0 Å². The van der Waals surface area contributed by atoms with Gasteiger partial charge >= 0.3 is 0 Å². The highest BCUT2D eigenvalue weighted by atomic mass is 16.7.